The Morgan fingerprint density at radius 2 is 1.39 bits per heavy atom. The first-order valence-corrected chi connectivity index (χ1v) is 11.6. The number of nitrogens with one attached hydrogen (secondary N) is 3. The van der Waals surface area contributed by atoms with Crippen molar-refractivity contribution < 1.29 is 10.0 Å². The summed E-state index contributed by atoms with van der Waals surface area (Å²) in [7, 11) is 0. The van der Waals surface area contributed by atoms with Gasteiger partial charge < -0.3 is 32.5 Å². The molecule has 0 aromatic heterocycles. The van der Waals surface area contributed by atoms with Crippen LogP contribution in [0, 0.1) is 10.1 Å². The van der Waals surface area contributed by atoms with E-state index in [1.807, 2.05) is 0 Å². The van der Waals surface area contributed by atoms with Gasteiger partial charge in [0, 0.05) is 57.9 Å². The van der Waals surface area contributed by atoms with Crippen molar-refractivity contribution in [1.29, 1.82) is 0 Å². The Morgan fingerprint density at radius 3 is 1.90 bits per heavy atom. The van der Waals surface area contributed by atoms with Crippen LogP contribution in [0.1, 0.15) is 51.0 Å². The molecule has 0 unspecified atom stereocenters. The molecule has 1 rings (SSSR count). The van der Waals surface area contributed by atoms with Gasteiger partial charge in [0.25, 0.3) is 0 Å². The smallest absolute Gasteiger partial charge is 0.313 e. The van der Waals surface area contributed by atoms with E-state index in [0.717, 1.165) is 52.1 Å². The van der Waals surface area contributed by atoms with E-state index in [-0.39, 0.29) is 11.4 Å². The Labute approximate surface area is 187 Å². The highest BCUT2D eigenvalue weighted by molar-refractivity contribution is 5.51. The second kappa shape index (κ2) is 21.5. The van der Waals surface area contributed by atoms with Crippen LogP contribution < -0.4 is 27.4 Å². The third kappa shape index (κ3) is 16.6. The third-order valence-corrected chi connectivity index (χ3v) is 4.68. The van der Waals surface area contributed by atoms with Crippen molar-refractivity contribution in [2.24, 2.45) is 11.5 Å². The van der Waals surface area contributed by atoms with Crippen LogP contribution in [0.5, 0.6) is 5.75 Å². The van der Waals surface area contributed by atoms with Crippen LogP contribution in [0.3, 0.4) is 0 Å². The fraction of sp³-hybridized carbons (Fsp3) is 0.727. The minimum Gasteiger partial charge on any atom is -0.502 e. The molecule has 180 valence electrons. The summed E-state index contributed by atoms with van der Waals surface area (Å²) >= 11 is 0. The van der Waals surface area contributed by atoms with Crippen LogP contribution in [0.2, 0.25) is 0 Å². The molecule has 0 aliphatic rings. The van der Waals surface area contributed by atoms with Gasteiger partial charge in [-0.2, -0.15) is 0 Å². The summed E-state index contributed by atoms with van der Waals surface area (Å²) < 4.78 is 0. The normalized spacial score (nSPS) is 10.5. The first kappa shape index (κ1) is 29.2. The number of aryl methyl sites for hydroxylation is 1. The SMILES string of the molecule is CCCCCCCCc1cccc(O)c1[N+](=O)[O-].NCCNCCNCCNCCN. The summed E-state index contributed by atoms with van der Waals surface area (Å²) in [6.45, 7) is 9.32. The average Bonchev–Trinajstić information content (AvgIpc) is 2.75. The number of phenols is 1. The van der Waals surface area contributed by atoms with Crippen LogP contribution in [0.15, 0.2) is 18.2 Å². The molecule has 0 aliphatic heterocycles. The van der Waals surface area contributed by atoms with E-state index in [1.165, 1.54) is 31.7 Å². The van der Waals surface area contributed by atoms with Crippen LogP contribution >= 0.6 is 0 Å². The summed E-state index contributed by atoms with van der Waals surface area (Å²) in [5, 5.41) is 30.1. The minimum atomic E-state index is -0.498. The Morgan fingerprint density at radius 1 is 0.871 bits per heavy atom. The highest BCUT2D eigenvalue weighted by atomic mass is 16.6. The predicted molar refractivity (Wildman–Crippen MR) is 129 cm³/mol. The summed E-state index contributed by atoms with van der Waals surface area (Å²) in [4.78, 5) is 10.4. The lowest BCUT2D eigenvalue weighted by molar-refractivity contribution is -0.386. The second-order valence-corrected chi connectivity index (χ2v) is 7.39. The number of aromatic hydroxyl groups is 1. The molecule has 0 heterocycles. The molecule has 0 fully saturated rings. The maximum atomic E-state index is 10.9. The molecule has 0 atom stereocenters. The monoisotopic (exact) mass is 440 g/mol. The summed E-state index contributed by atoms with van der Waals surface area (Å²) in [5.74, 6) is -0.233. The van der Waals surface area contributed by atoms with Crippen molar-refractivity contribution in [3.05, 3.63) is 33.9 Å². The van der Waals surface area contributed by atoms with E-state index in [9.17, 15) is 15.2 Å². The van der Waals surface area contributed by atoms with Gasteiger partial charge in [0.2, 0.25) is 0 Å². The zero-order chi connectivity index (χ0) is 23.2. The number of nitro benzene ring substituents is 1. The topological polar surface area (TPSA) is 152 Å². The first-order chi connectivity index (χ1) is 15.1. The Hall–Kier alpha value is -1.78. The predicted octanol–water partition coefficient (Wildman–Crippen LogP) is 1.88. The molecule has 0 bridgehead atoms. The van der Waals surface area contributed by atoms with Gasteiger partial charge >= 0.3 is 5.69 Å². The number of nitrogens with two attached hydrogens (primary N) is 2. The van der Waals surface area contributed by atoms with E-state index >= 15 is 0 Å². The van der Waals surface area contributed by atoms with Gasteiger partial charge in [-0.3, -0.25) is 10.1 Å². The molecule has 0 spiro atoms. The van der Waals surface area contributed by atoms with Crippen LogP contribution in [0.25, 0.3) is 0 Å². The van der Waals surface area contributed by atoms with Gasteiger partial charge in [0.15, 0.2) is 5.75 Å². The lowest BCUT2D eigenvalue weighted by Crippen LogP contribution is -2.35. The number of hydrogen-bond acceptors (Lipinski definition) is 8. The van der Waals surface area contributed by atoms with Gasteiger partial charge in [0.05, 0.1) is 4.92 Å². The lowest BCUT2D eigenvalue weighted by atomic mass is 10.0. The molecule has 8 N–H and O–H groups in total. The lowest BCUT2D eigenvalue weighted by Gasteiger charge is -2.06. The molecule has 0 amide bonds. The minimum absolute atomic E-state index is 0.133. The fourth-order valence-electron chi connectivity index (χ4n) is 3.02. The fourth-order valence-corrected chi connectivity index (χ4v) is 3.02. The molecular weight excluding hydrogens is 396 g/mol. The van der Waals surface area contributed by atoms with Gasteiger partial charge in [0.1, 0.15) is 0 Å². The zero-order valence-corrected chi connectivity index (χ0v) is 19.2. The summed E-state index contributed by atoms with van der Waals surface area (Å²) in [6, 6.07) is 4.75. The average molecular weight is 441 g/mol. The number of nitro groups is 1. The standard InChI is InChI=1S/C14H21NO3.C8H23N5/c1-2-3-4-5-6-7-9-12-10-8-11-13(16)14(12)15(17)18;9-1-3-11-5-7-13-8-6-12-4-2-10/h8,10-11,16H,2-7,9H2,1H3;11-13H,1-10H2. The van der Waals surface area contributed by atoms with Gasteiger partial charge in [-0.05, 0) is 18.9 Å². The second-order valence-electron chi connectivity index (χ2n) is 7.39. The molecule has 1 aromatic rings. The van der Waals surface area contributed by atoms with E-state index in [4.69, 9.17) is 11.5 Å². The maximum Gasteiger partial charge on any atom is 0.313 e. The van der Waals surface area contributed by atoms with Gasteiger partial charge in [-0.25, -0.2) is 0 Å². The molecule has 0 aliphatic carbocycles. The van der Waals surface area contributed by atoms with Crippen LogP contribution in [-0.2, 0) is 6.42 Å². The van der Waals surface area contributed by atoms with E-state index < -0.39 is 4.92 Å². The highest BCUT2D eigenvalue weighted by Crippen LogP contribution is 2.30. The largest absolute Gasteiger partial charge is 0.502 e. The highest BCUT2D eigenvalue weighted by Gasteiger charge is 2.18. The molecule has 0 radical (unpaired) electrons. The van der Waals surface area contributed by atoms with Gasteiger partial charge in [-0.1, -0.05) is 51.2 Å². The van der Waals surface area contributed by atoms with E-state index in [2.05, 4.69) is 22.9 Å². The summed E-state index contributed by atoms with van der Waals surface area (Å²) in [6.07, 6.45) is 7.58. The number of phenolic OH excluding ortho intramolecular Hbond substituents is 1. The molecular formula is C22H44N6O3. The van der Waals surface area contributed by atoms with Crippen molar-refractivity contribution in [1.82, 2.24) is 16.0 Å². The molecule has 31 heavy (non-hydrogen) atoms. The molecule has 1 aromatic carbocycles. The molecule has 0 saturated carbocycles. The first-order valence-electron chi connectivity index (χ1n) is 11.6. The van der Waals surface area contributed by atoms with Crippen molar-refractivity contribution in [3.8, 4) is 5.75 Å². The molecule has 9 heteroatoms. The van der Waals surface area contributed by atoms with Crippen molar-refractivity contribution in [3.63, 3.8) is 0 Å². The zero-order valence-electron chi connectivity index (χ0n) is 19.2. The van der Waals surface area contributed by atoms with Gasteiger partial charge in [-0.15, -0.1) is 0 Å². The number of rotatable bonds is 18. The number of unbranched alkanes of at least 4 members (excludes halogenated alkanes) is 5. The Bertz CT molecular complexity index is 550. The van der Waals surface area contributed by atoms with E-state index in [0.29, 0.717) is 25.1 Å². The maximum absolute atomic E-state index is 10.9. The summed E-state index contributed by atoms with van der Waals surface area (Å²) in [5.41, 5.74) is 11.1. The van der Waals surface area contributed by atoms with Crippen LogP contribution in [0.4, 0.5) is 5.69 Å². The Kier molecular flexibility index (Phi) is 20.2. The Balaban J connectivity index is 0.000000615. The number of hydrogen-bond donors (Lipinski definition) is 6. The molecule has 9 nitrogen and oxygen atoms in total. The number of nitrogens with zero attached hydrogens (tertiary/aromatic N) is 1. The quantitative estimate of drug-likeness (QED) is 0.115. The van der Waals surface area contributed by atoms with Crippen molar-refractivity contribution in [2.75, 3.05) is 52.4 Å². The molecule has 0 saturated heterocycles. The van der Waals surface area contributed by atoms with Crippen molar-refractivity contribution >= 4 is 5.69 Å². The van der Waals surface area contributed by atoms with E-state index in [1.54, 1.807) is 12.1 Å². The number of para-hydroxylation sites is 1. The number of benzene rings is 1. The van der Waals surface area contributed by atoms with Crippen molar-refractivity contribution in [2.45, 2.75) is 51.9 Å². The van der Waals surface area contributed by atoms with Crippen LogP contribution in [-0.4, -0.2) is 62.4 Å². The third-order valence-electron chi connectivity index (χ3n) is 4.68.